The molecule has 6 nitrogen and oxygen atoms in total. The smallest absolute Gasteiger partial charge is 0.177 e. The third kappa shape index (κ3) is 13.8. The van der Waals surface area contributed by atoms with Gasteiger partial charge in [0.1, 0.15) is 11.5 Å². The summed E-state index contributed by atoms with van der Waals surface area (Å²) in [6.45, 7) is 0.913. The van der Waals surface area contributed by atoms with Gasteiger partial charge in [0.25, 0.3) is 0 Å². The molecule has 62 heavy (non-hydrogen) atoms. The number of halogens is 12. The van der Waals surface area contributed by atoms with Gasteiger partial charge in [-0.05, 0) is 80.2 Å². The first-order chi connectivity index (χ1) is 28.5. The molecule has 0 unspecified atom stereocenters. The third-order valence-electron chi connectivity index (χ3n) is 8.97. The standard InChI is InChI=1S/C42H31N4O2.2F6P/c47-41-35(27-45-21-13-31(14-22-45)29-9-17-43-18-10-29)25-33-5-1-3-7-37(33)39(41)40-38-8-4-2-6-34(38)26-36(42(40)48)28-46-23-15-32(16-24-46)30-11-19-44-20-12-30;2*1-7(2,3,4,5)6/h1-26,43H,27-28H2;;/q+1;2*-1/p+1. The Bertz CT molecular complexity index is 2670. The minimum atomic E-state index is -10.7. The van der Waals surface area contributed by atoms with Crippen LogP contribution in [0.5, 0.6) is 11.5 Å². The van der Waals surface area contributed by atoms with Crippen molar-refractivity contribution in [3.8, 4) is 44.9 Å². The topological polar surface area (TPSA) is 74.0 Å². The Balaban J connectivity index is 0.000000397. The molecule has 4 heterocycles. The molecule has 4 aromatic heterocycles. The van der Waals surface area contributed by atoms with Crippen molar-refractivity contribution < 1.29 is 69.7 Å². The predicted octanol–water partition coefficient (Wildman–Crippen LogP) is 14.6. The molecule has 20 heteroatoms. The first kappa shape index (κ1) is 45.2. The minimum absolute atomic E-state index is 0.159. The number of rotatable bonds is 7. The Morgan fingerprint density at radius 2 is 0.677 bits per heavy atom. The summed E-state index contributed by atoms with van der Waals surface area (Å²) < 4.78 is 122. The number of pyridine rings is 4. The van der Waals surface area contributed by atoms with Crippen molar-refractivity contribution in [2.24, 2.45) is 0 Å². The van der Waals surface area contributed by atoms with E-state index in [1.54, 1.807) is 24.8 Å². The van der Waals surface area contributed by atoms with E-state index in [9.17, 15) is 60.6 Å². The Kier molecular flexibility index (Phi) is 11.1. The first-order valence-electron chi connectivity index (χ1n) is 17.9. The fourth-order valence-electron chi connectivity index (χ4n) is 6.53. The normalized spacial score (nSPS) is 13.9. The second-order valence-corrected chi connectivity index (χ2v) is 17.7. The molecule has 8 aromatic rings. The molecule has 2 N–H and O–H groups in total. The molecule has 0 saturated heterocycles. The van der Waals surface area contributed by atoms with Gasteiger partial charge in [0.05, 0.1) is 11.1 Å². The van der Waals surface area contributed by atoms with Crippen LogP contribution in [0.2, 0.25) is 0 Å². The van der Waals surface area contributed by atoms with E-state index < -0.39 is 15.6 Å². The first-order valence-corrected chi connectivity index (χ1v) is 22.0. The summed E-state index contributed by atoms with van der Waals surface area (Å²) in [6.07, 6.45) is 15.2. The number of aromatic nitrogens is 4. The number of phenols is 2. The van der Waals surface area contributed by atoms with E-state index in [2.05, 4.69) is 55.5 Å². The number of aromatic hydroxyl groups is 2. The largest absolute Gasteiger partial charge is 0.507 e. The molecule has 0 aliphatic rings. The summed E-state index contributed by atoms with van der Waals surface area (Å²) in [4.78, 5) is 8.25. The summed E-state index contributed by atoms with van der Waals surface area (Å²) in [5, 5.41) is 27.9. The molecule has 0 atom stereocenters. The van der Waals surface area contributed by atoms with Gasteiger partial charge in [-0.1, -0.05) is 48.5 Å². The second-order valence-electron chi connectivity index (χ2n) is 13.9. The van der Waals surface area contributed by atoms with Crippen molar-refractivity contribution in [1.82, 2.24) is 9.97 Å². The van der Waals surface area contributed by atoms with Crippen LogP contribution in [0, 0.1) is 0 Å². The van der Waals surface area contributed by atoms with E-state index in [1.165, 1.54) is 0 Å². The van der Waals surface area contributed by atoms with E-state index in [-0.39, 0.29) is 11.5 Å². The van der Waals surface area contributed by atoms with Crippen molar-refractivity contribution in [3.63, 3.8) is 0 Å². The molecule has 0 aliphatic heterocycles. The van der Waals surface area contributed by atoms with E-state index in [0.29, 0.717) is 24.2 Å². The zero-order chi connectivity index (χ0) is 45.3. The summed E-state index contributed by atoms with van der Waals surface area (Å²) >= 11 is 0. The van der Waals surface area contributed by atoms with Gasteiger partial charge in [0, 0.05) is 60.2 Å². The van der Waals surface area contributed by atoms with Gasteiger partial charge in [-0.15, -0.1) is 0 Å². The maximum atomic E-state index is 12.1. The van der Waals surface area contributed by atoms with Crippen LogP contribution < -0.4 is 9.13 Å². The molecule has 0 amide bonds. The Labute approximate surface area is 344 Å². The quantitative estimate of drug-likeness (QED) is 0.0949. The molecule has 0 bridgehead atoms. The van der Waals surface area contributed by atoms with E-state index in [1.807, 2.05) is 97.6 Å². The summed E-state index contributed by atoms with van der Waals surface area (Å²) in [5.74, 6) is 0.317. The zero-order valence-electron chi connectivity index (χ0n) is 31.5. The minimum Gasteiger partial charge on any atom is -0.507 e. The van der Waals surface area contributed by atoms with Gasteiger partial charge in [0.15, 0.2) is 37.9 Å². The van der Waals surface area contributed by atoms with Crippen LogP contribution in [0.3, 0.4) is 0 Å². The molecule has 0 spiro atoms. The van der Waals surface area contributed by atoms with Gasteiger partial charge in [0.2, 0.25) is 0 Å². The number of benzene rings is 4. The van der Waals surface area contributed by atoms with Crippen molar-refractivity contribution in [3.05, 3.63) is 170 Å². The van der Waals surface area contributed by atoms with Crippen molar-refractivity contribution in [1.29, 1.82) is 0 Å². The van der Waals surface area contributed by atoms with Crippen LogP contribution in [0.4, 0.5) is 50.4 Å². The van der Waals surface area contributed by atoms with Crippen LogP contribution in [0.25, 0.3) is 54.9 Å². The Hall–Kier alpha value is -6.38. The van der Waals surface area contributed by atoms with Gasteiger partial charge in [-0.25, -0.2) is 9.13 Å². The molecule has 0 radical (unpaired) electrons. The van der Waals surface area contributed by atoms with Crippen LogP contribution in [-0.4, -0.2) is 20.2 Å². The van der Waals surface area contributed by atoms with Crippen molar-refractivity contribution in [2.45, 2.75) is 13.1 Å². The zero-order valence-corrected chi connectivity index (χ0v) is 33.3. The maximum absolute atomic E-state index is 12.1. The van der Waals surface area contributed by atoms with E-state index in [4.69, 9.17) is 0 Å². The third-order valence-corrected chi connectivity index (χ3v) is 8.97. The molecular formula is C42H32F12N4O2P2. The number of nitrogens with zero attached hydrogens (tertiary/aromatic N) is 4. The number of fused-ring (bicyclic) bond motifs is 2. The molecule has 326 valence electrons. The fraction of sp³-hybridized carbons (Fsp3) is 0.0476. The molecule has 4 aromatic carbocycles. The van der Waals surface area contributed by atoms with Crippen LogP contribution in [-0.2, 0) is 13.1 Å². The van der Waals surface area contributed by atoms with Crippen LogP contribution >= 0.6 is 15.6 Å². The molecule has 0 saturated carbocycles. The monoisotopic (exact) mass is 914 g/mol. The average molecular weight is 915 g/mol. The molecular weight excluding hydrogens is 882 g/mol. The molecule has 0 aliphatic carbocycles. The fourth-order valence-corrected chi connectivity index (χ4v) is 6.53. The van der Waals surface area contributed by atoms with Crippen LogP contribution in [0.15, 0.2) is 159 Å². The SMILES string of the molecule is F[P-](F)(F)(F)(F)F.F[P-](F)(F)(F)(F)F.Oc1c(C[n+]2ccc(-c3ccncc3)cc2)cc2ccccc2c1-c1c(O)c(C[n+]2ccc(-c3ccncc3)cc2)cc2ccccc12. The average Bonchev–Trinajstić information content (AvgIpc) is 3.18. The summed E-state index contributed by atoms with van der Waals surface area (Å²) in [7, 11) is -21.3. The number of hydrogen-bond donors (Lipinski definition) is 2. The predicted molar refractivity (Wildman–Crippen MR) is 215 cm³/mol. The number of phenolic OH excluding ortho intramolecular Hbond substituents is 2. The van der Waals surface area contributed by atoms with Crippen molar-refractivity contribution >= 4 is 37.2 Å². The summed E-state index contributed by atoms with van der Waals surface area (Å²) in [6, 6.07) is 36.4. The second kappa shape index (κ2) is 15.2. The maximum Gasteiger partial charge on any atom is 0.177 e. The van der Waals surface area contributed by atoms with E-state index >= 15 is 0 Å². The summed E-state index contributed by atoms with van der Waals surface area (Å²) in [5.41, 5.74) is 7.17. The van der Waals surface area contributed by atoms with Gasteiger partial charge in [-0.3, -0.25) is 9.97 Å². The van der Waals surface area contributed by atoms with Gasteiger partial charge in [-0.2, -0.15) is 0 Å². The molecule has 0 fully saturated rings. The number of hydrogen-bond acceptors (Lipinski definition) is 4. The Morgan fingerprint density at radius 1 is 0.403 bits per heavy atom. The van der Waals surface area contributed by atoms with Gasteiger partial charge < -0.3 is 10.2 Å². The van der Waals surface area contributed by atoms with Crippen LogP contribution in [0.1, 0.15) is 11.1 Å². The molecule has 8 rings (SSSR count). The van der Waals surface area contributed by atoms with Gasteiger partial charge >= 0.3 is 66.0 Å². The van der Waals surface area contributed by atoms with E-state index in [0.717, 1.165) is 54.9 Å². The Morgan fingerprint density at radius 3 is 0.984 bits per heavy atom. The van der Waals surface area contributed by atoms with Crippen molar-refractivity contribution in [2.75, 3.05) is 0 Å².